The van der Waals surface area contributed by atoms with Gasteiger partial charge in [0.2, 0.25) is 0 Å². The summed E-state index contributed by atoms with van der Waals surface area (Å²) in [4.78, 5) is 0. The Morgan fingerprint density at radius 1 is 1.00 bits per heavy atom. The summed E-state index contributed by atoms with van der Waals surface area (Å²) in [7, 11) is -2.67. The molecule has 1 saturated carbocycles. The molecule has 0 radical (unpaired) electrons. The molecule has 2 nitrogen and oxygen atoms in total. The SMILES string of the molecule is O=S1(=O)C[C@H]2[C@H](C1)[C@H]1C=C[C@@H]2C1. The summed E-state index contributed by atoms with van der Waals surface area (Å²) in [5.41, 5.74) is 0. The number of hydrogen-bond donors (Lipinski definition) is 0. The van der Waals surface area contributed by atoms with Crippen molar-refractivity contribution in [3.8, 4) is 0 Å². The lowest BCUT2D eigenvalue weighted by Crippen LogP contribution is -2.16. The van der Waals surface area contributed by atoms with E-state index in [1.165, 1.54) is 6.42 Å². The minimum absolute atomic E-state index is 0.461. The number of sulfone groups is 1. The molecule has 0 amide bonds. The fraction of sp³-hybridized carbons (Fsp3) is 0.778. The van der Waals surface area contributed by atoms with E-state index in [2.05, 4.69) is 12.2 Å². The summed E-state index contributed by atoms with van der Waals surface area (Å²) in [6.45, 7) is 0. The molecular weight excluding hydrogens is 172 g/mol. The lowest BCUT2D eigenvalue weighted by Gasteiger charge is -2.17. The fourth-order valence-electron chi connectivity index (χ4n) is 3.18. The highest BCUT2D eigenvalue weighted by molar-refractivity contribution is 7.91. The van der Waals surface area contributed by atoms with Gasteiger partial charge in [0.25, 0.3) is 0 Å². The first kappa shape index (κ1) is 7.13. The molecule has 66 valence electrons. The topological polar surface area (TPSA) is 34.1 Å². The second-order valence-corrected chi connectivity index (χ2v) is 6.51. The van der Waals surface area contributed by atoms with Crippen molar-refractivity contribution in [2.24, 2.45) is 23.7 Å². The largest absolute Gasteiger partial charge is 0.229 e. The van der Waals surface area contributed by atoms with Gasteiger partial charge in [0.15, 0.2) is 9.84 Å². The molecule has 2 aliphatic carbocycles. The second kappa shape index (κ2) is 1.95. The van der Waals surface area contributed by atoms with Crippen molar-refractivity contribution in [1.82, 2.24) is 0 Å². The van der Waals surface area contributed by atoms with Crippen LogP contribution in [0.25, 0.3) is 0 Å². The summed E-state index contributed by atoms with van der Waals surface area (Å²) < 4.78 is 22.7. The van der Waals surface area contributed by atoms with Crippen molar-refractivity contribution >= 4 is 9.84 Å². The zero-order valence-corrected chi connectivity index (χ0v) is 7.63. The Hall–Kier alpha value is -0.310. The predicted molar refractivity (Wildman–Crippen MR) is 46.4 cm³/mol. The van der Waals surface area contributed by atoms with Gasteiger partial charge >= 0.3 is 0 Å². The number of fused-ring (bicyclic) bond motifs is 5. The van der Waals surface area contributed by atoms with E-state index < -0.39 is 9.84 Å². The van der Waals surface area contributed by atoms with Crippen molar-refractivity contribution in [3.05, 3.63) is 12.2 Å². The van der Waals surface area contributed by atoms with Gasteiger partial charge in [0.1, 0.15) is 0 Å². The summed E-state index contributed by atoms with van der Waals surface area (Å²) in [6, 6.07) is 0. The van der Waals surface area contributed by atoms with Gasteiger partial charge in [-0.05, 0) is 30.1 Å². The summed E-state index contributed by atoms with van der Waals surface area (Å²) in [5, 5.41) is 0. The summed E-state index contributed by atoms with van der Waals surface area (Å²) >= 11 is 0. The van der Waals surface area contributed by atoms with Gasteiger partial charge in [0, 0.05) is 0 Å². The number of allylic oxidation sites excluding steroid dienone is 2. The molecule has 0 aromatic heterocycles. The van der Waals surface area contributed by atoms with E-state index >= 15 is 0 Å². The smallest absolute Gasteiger partial charge is 0.150 e. The molecule has 1 heterocycles. The zero-order chi connectivity index (χ0) is 8.34. The highest BCUT2D eigenvalue weighted by atomic mass is 32.2. The molecule has 0 aromatic rings. The summed E-state index contributed by atoms with van der Waals surface area (Å²) in [5.74, 6) is 3.07. The quantitative estimate of drug-likeness (QED) is 0.523. The lowest BCUT2D eigenvalue weighted by molar-refractivity contribution is 0.395. The van der Waals surface area contributed by atoms with E-state index in [9.17, 15) is 8.42 Å². The van der Waals surface area contributed by atoms with Gasteiger partial charge in [-0.1, -0.05) is 12.2 Å². The van der Waals surface area contributed by atoms with Crippen molar-refractivity contribution in [2.45, 2.75) is 6.42 Å². The van der Waals surface area contributed by atoms with E-state index in [1.54, 1.807) is 0 Å². The Kier molecular flexibility index (Phi) is 1.16. The molecule has 0 N–H and O–H groups in total. The van der Waals surface area contributed by atoms with Crippen LogP contribution in [0.2, 0.25) is 0 Å². The van der Waals surface area contributed by atoms with Gasteiger partial charge in [-0.3, -0.25) is 0 Å². The Balaban J connectivity index is 2.01. The van der Waals surface area contributed by atoms with Gasteiger partial charge in [-0.2, -0.15) is 0 Å². The van der Waals surface area contributed by atoms with Crippen LogP contribution in [-0.4, -0.2) is 19.9 Å². The van der Waals surface area contributed by atoms with E-state index in [4.69, 9.17) is 0 Å². The first-order valence-corrected chi connectivity index (χ1v) is 6.37. The summed E-state index contributed by atoms with van der Waals surface area (Å²) in [6.07, 6.45) is 5.68. The number of rotatable bonds is 0. The zero-order valence-electron chi connectivity index (χ0n) is 6.81. The van der Waals surface area contributed by atoms with Crippen molar-refractivity contribution in [2.75, 3.05) is 11.5 Å². The normalized spacial score (nSPS) is 53.0. The standard InChI is InChI=1S/C9H12O2S/c10-12(11)4-8-6-1-2-7(3-6)9(8)5-12/h1-2,6-9H,3-5H2/t6-,7+,8-,9-/m1/s1. The molecule has 2 fully saturated rings. The van der Waals surface area contributed by atoms with E-state index in [0.717, 1.165) is 0 Å². The van der Waals surface area contributed by atoms with Gasteiger partial charge in [-0.15, -0.1) is 0 Å². The molecule has 3 rings (SSSR count). The average Bonchev–Trinajstić information content (AvgIpc) is 2.54. The maximum atomic E-state index is 11.3. The van der Waals surface area contributed by atoms with Crippen molar-refractivity contribution < 1.29 is 8.42 Å². The monoisotopic (exact) mass is 184 g/mol. The number of hydrogen-bond acceptors (Lipinski definition) is 2. The Morgan fingerprint density at radius 3 is 2.00 bits per heavy atom. The highest BCUT2D eigenvalue weighted by Gasteiger charge is 2.51. The van der Waals surface area contributed by atoms with Crippen molar-refractivity contribution in [3.63, 3.8) is 0 Å². The van der Waals surface area contributed by atoms with E-state index in [-0.39, 0.29) is 0 Å². The molecule has 0 aromatic carbocycles. The Bertz CT molecular complexity index is 316. The first-order valence-electron chi connectivity index (χ1n) is 4.54. The van der Waals surface area contributed by atoms with Crippen LogP contribution in [-0.2, 0) is 9.84 Å². The third kappa shape index (κ3) is 0.777. The Labute approximate surface area is 72.6 Å². The Morgan fingerprint density at radius 2 is 1.50 bits per heavy atom. The molecule has 0 unspecified atom stereocenters. The minimum Gasteiger partial charge on any atom is -0.229 e. The molecular formula is C9H12O2S. The third-order valence-corrected chi connectivity index (χ3v) is 5.48. The first-order chi connectivity index (χ1) is 5.66. The van der Waals surface area contributed by atoms with Gasteiger partial charge < -0.3 is 0 Å². The maximum Gasteiger partial charge on any atom is 0.150 e. The molecule has 2 bridgehead atoms. The van der Waals surface area contributed by atoms with Crippen LogP contribution >= 0.6 is 0 Å². The van der Waals surface area contributed by atoms with E-state index in [1.807, 2.05) is 0 Å². The molecule has 0 spiro atoms. The third-order valence-electron chi connectivity index (χ3n) is 3.69. The van der Waals surface area contributed by atoms with Crippen LogP contribution in [0.1, 0.15) is 6.42 Å². The molecule has 1 aliphatic heterocycles. The van der Waals surface area contributed by atoms with Crippen LogP contribution in [0.5, 0.6) is 0 Å². The molecule has 1 saturated heterocycles. The average molecular weight is 184 g/mol. The lowest BCUT2D eigenvalue weighted by atomic mass is 9.86. The van der Waals surface area contributed by atoms with Crippen LogP contribution in [0.4, 0.5) is 0 Å². The highest BCUT2D eigenvalue weighted by Crippen LogP contribution is 2.51. The van der Waals surface area contributed by atoms with Crippen molar-refractivity contribution in [1.29, 1.82) is 0 Å². The maximum absolute atomic E-state index is 11.3. The molecule has 3 heteroatoms. The van der Waals surface area contributed by atoms with Gasteiger partial charge in [0.05, 0.1) is 11.5 Å². The molecule has 3 aliphatic rings. The fourth-order valence-corrected chi connectivity index (χ4v) is 5.47. The van der Waals surface area contributed by atoms with Gasteiger partial charge in [-0.25, -0.2) is 8.42 Å². The van der Waals surface area contributed by atoms with Crippen LogP contribution in [0, 0.1) is 23.7 Å². The second-order valence-electron chi connectivity index (χ2n) is 4.35. The predicted octanol–water partition coefficient (Wildman–Crippen LogP) is 0.853. The van der Waals surface area contributed by atoms with Crippen LogP contribution < -0.4 is 0 Å². The molecule has 12 heavy (non-hydrogen) atoms. The molecule has 4 atom stereocenters. The van der Waals surface area contributed by atoms with E-state index in [0.29, 0.717) is 35.2 Å². The van der Waals surface area contributed by atoms with Crippen LogP contribution in [0.3, 0.4) is 0 Å². The minimum atomic E-state index is -2.67. The van der Waals surface area contributed by atoms with Crippen LogP contribution in [0.15, 0.2) is 12.2 Å².